The van der Waals surface area contributed by atoms with E-state index in [-0.39, 0.29) is 0 Å². The third-order valence-electron chi connectivity index (χ3n) is 2.01. The van der Waals surface area contributed by atoms with Gasteiger partial charge in [0.15, 0.2) is 0 Å². The van der Waals surface area contributed by atoms with Crippen LogP contribution in [0.4, 0.5) is 0 Å². The topological polar surface area (TPSA) is 20.2 Å². The third-order valence-corrected chi connectivity index (χ3v) is 2.01. The van der Waals surface area contributed by atoms with Gasteiger partial charge >= 0.3 is 0 Å². The molecular weight excluding hydrogens is 160 g/mol. The van der Waals surface area contributed by atoms with Crippen molar-refractivity contribution in [2.24, 2.45) is 0 Å². The molecule has 13 heavy (non-hydrogen) atoms. The Kier molecular flexibility index (Phi) is 6.97. The van der Waals surface area contributed by atoms with Gasteiger partial charge in [0.2, 0.25) is 0 Å². The van der Waals surface area contributed by atoms with E-state index in [1.165, 1.54) is 25.7 Å². The molecular formula is C12H24O. The minimum Gasteiger partial charge on any atom is -0.390 e. The molecule has 0 heterocycles. The van der Waals surface area contributed by atoms with Crippen LogP contribution in [0.25, 0.3) is 0 Å². The van der Waals surface area contributed by atoms with Crippen molar-refractivity contribution in [3.63, 3.8) is 0 Å². The van der Waals surface area contributed by atoms with Gasteiger partial charge in [-0.05, 0) is 33.1 Å². The number of rotatable bonds is 7. The standard InChI is InChI=1S/C12H24O/c1-4-5-6-7-8-9-10-11-12(2,3)13/h9-10,13H,4-8,11H2,1-3H3/b10-9+. The van der Waals surface area contributed by atoms with E-state index in [9.17, 15) is 5.11 Å². The molecule has 0 aliphatic rings. The Hall–Kier alpha value is -0.300. The molecule has 0 aliphatic carbocycles. The molecule has 0 aromatic carbocycles. The number of aliphatic hydroxyl groups is 1. The number of allylic oxidation sites excluding steroid dienone is 1. The van der Waals surface area contributed by atoms with E-state index in [0.717, 1.165) is 12.8 Å². The number of hydrogen-bond acceptors (Lipinski definition) is 1. The van der Waals surface area contributed by atoms with Crippen LogP contribution in [-0.2, 0) is 0 Å². The minimum absolute atomic E-state index is 0.542. The predicted molar refractivity (Wildman–Crippen MR) is 58.8 cm³/mol. The molecule has 0 aromatic heterocycles. The second-order valence-corrected chi connectivity index (χ2v) is 4.34. The molecule has 0 bridgehead atoms. The van der Waals surface area contributed by atoms with Crippen molar-refractivity contribution >= 4 is 0 Å². The Labute approximate surface area is 82.9 Å². The van der Waals surface area contributed by atoms with Crippen molar-refractivity contribution in [1.82, 2.24) is 0 Å². The highest BCUT2D eigenvalue weighted by molar-refractivity contribution is 4.87. The van der Waals surface area contributed by atoms with Gasteiger partial charge in [0.25, 0.3) is 0 Å². The van der Waals surface area contributed by atoms with Crippen LogP contribution >= 0.6 is 0 Å². The lowest BCUT2D eigenvalue weighted by Gasteiger charge is -2.13. The van der Waals surface area contributed by atoms with Gasteiger partial charge in [-0.2, -0.15) is 0 Å². The average molecular weight is 184 g/mol. The summed E-state index contributed by atoms with van der Waals surface area (Å²) in [7, 11) is 0. The first-order chi connectivity index (χ1) is 6.06. The molecule has 1 heteroatoms. The van der Waals surface area contributed by atoms with Gasteiger partial charge in [0, 0.05) is 0 Å². The van der Waals surface area contributed by atoms with Crippen LogP contribution in [-0.4, -0.2) is 10.7 Å². The summed E-state index contributed by atoms with van der Waals surface area (Å²) < 4.78 is 0. The van der Waals surface area contributed by atoms with E-state index in [0.29, 0.717) is 0 Å². The summed E-state index contributed by atoms with van der Waals surface area (Å²) in [6.07, 6.45) is 11.5. The van der Waals surface area contributed by atoms with E-state index in [1.54, 1.807) is 0 Å². The largest absolute Gasteiger partial charge is 0.390 e. The lowest BCUT2D eigenvalue weighted by Crippen LogP contribution is -2.16. The normalized spacial score (nSPS) is 12.6. The quantitative estimate of drug-likeness (QED) is 0.473. The zero-order chi connectivity index (χ0) is 10.2. The third kappa shape index (κ3) is 11.7. The average Bonchev–Trinajstić information content (AvgIpc) is 2.01. The van der Waals surface area contributed by atoms with Gasteiger partial charge < -0.3 is 5.11 Å². The van der Waals surface area contributed by atoms with Crippen molar-refractivity contribution in [2.45, 2.75) is 64.9 Å². The maximum absolute atomic E-state index is 9.41. The maximum atomic E-state index is 9.41. The maximum Gasteiger partial charge on any atom is 0.0626 e. The summed E-state index contributed by atoms with van der Waals surface area (Å²) in [5.74, 6) is 0. The summed E-state index contributed by atoms with van der Waals surface area (Å²) in [6.45, 7) is 5.91. The minimum atomic E-state index is -0.542. The van der Waals surface area contributed by atoms with Crippen LogP contribution < -0.4 is 0 Å². The van der Waals surface area contributed by atoms with Crippen LogP contribution in [0.2, 0.25) is 0 Å². The summed E-state index contributed by atoms with van der Waals surface area (Å²) in [4.78, 5) is 0. The monoisotopic (exact) mass is 184 g/mol. The first-order valence-corrected chi connectivity index (χ1v) is 5.43. The molecule has 0 unspecified atom stereocenters. The molecule has 0 atom stereocenters. The van der Waals surface area contributed by atoms with Crippen molar-refractivity contribution in [3.8, 4) is 0 Å². The van der Waals surface area contributed by atoms with Crippen molar-refractivity contribution in [3.05, 3.63) is 12.2 Å². The summed E-state index contributed by atoms with van der Waals surface area (Å²) in [5.41, 5.74) is -0.542. The second kappa shape index (κ2) is 7.14. The lowest BCUT2D eigenvalue weighted by molar-refractivity contribution is 0.0838. The number of unbranched alkanes of at least 4 members (excludes halogenated alkanes) is 4. The van der Waals surface area contributed by atoms with Gasteiger partial charge in [-0.3, -0.25) is 0 Å². The van der Waals surface area contributed by atoms with Crippen LogP contribution in [0.15, 0.2) is 12.2 Å². The predicted octanol–water partition coefficient (Wildman–Crippen LogP) is 3.67. The first kappa shape index (κ1) is 12.7. The highest BCUT2D eigenvalue weighted by atomic mass is 16.3. The summed E-state index contributed by atoms with van der Waals surface area (Å²) in [5, 5.41) is 9.41. The fourth-order valence-corrected chi connectivity index (χ4v) is 1.18. The highest BCUT2D eigenvalue weighted by Crippen LogP contribution is 2.09. The van der Waals surface area contributed by atoms with Gasteiger partial charge in [-0.25, -0.2) is 0 Å². The fraction of sp³-hybridized carbons (Fsp3) is 0.833. The van der Waals surface area contributed by atoms with E-state index in [4.69, 9.17) is 0 Å². The molecule has 0 aliphatic heterocycles. The first-order valence-electron chi connectivity index (χ1n) is 5.43. The van der Waals surface area contributed by atoms with Crippen LogP contribution in [0.1, 0.15) is 59.3 Å². The van der Waals surface area contributed by atoms with Crippen molar-refractivity contribution in [1.29, 1.82) is 0 Å². The smallest absolute Gasteiger partial charge is 0.0626 e. The van der Waals surface area contributed by atoms with Crippen LogP contribution in [0.3, 0.4) is 0 Å². The highest BCUT2D eigenvalue weighted by Gasteiger charge is 2.08. The van der Waals surface area contributed by atoms with Gasteiger partial charge in [0.1, 0.15) is 0 Å². The zero-order valence-corrected chi connectivity index (χ0v) is 9.34. The SMILES string of the molecule is CCCCCC/C=C/CC(C)(C)O. The Morgan fingerprint density at radius 2 is 1.77 bits per heavy atom. The van der Waals surface area contributed by atoms with E-state index in [1.807, 2.05) is 13.8 Å². The second-order valence-electron chi connectivity index (χ2n) is 4.34. The lowest BCUT2D eigenvalue weighted by atomic mass is 10.0. The van der Waals surface area contributed by atoms with Gasteiger partial charge in [-0.1, -0.05) is 38.3 Å². The summed E-state index contributed by atoms with van der Waals surface area (Å²) in [6, 6.07) is 0. The molecule has 0 amide bonds. The molecule has 0 fully saturated rings. The van der Waals surface area contributed by atoms with Gasteiger partial charge in [0.05, 0.1) is 5.60 Å². The van der Waals surface area contributed by atoms with Crippen LogP contribution in [0, 0.1) is 0 Å². The molecule has 0 rings (SSSR count). The number of hydrogen-bond donors (Lipinski definition) is 1. The Morgan fingerprint density at radius 3 is 2.31 bits per heavy atom. The molecule has 1 nitrogen and oxygen atoms in total. The van der Waals surface area contributed by atoms with E-state index < -0.39 is 5.60 Å². The zero-order valence-electron chi connectivity index (χ0n) is 9.34. The van der Waals surface area contributed by atoms with Crippen molar-refractivity contribution in [2.75, 3.05) is 0 Å². The van der Waals surface area contributed by atoms with Crippen LogP contribution in [0.5, 0.6) is 0 Å². The molecule has 78 valence electrons. The Balaban J connectivity index is 3.22. The van der Waals surface area contributed by atoms with E-state index >= 15 is 0 Å². The summed E-state index contributed by atoms with van der Waals surface area (Å²) >= 11 is 0. The molecule has 1 N–H and O–H groups in total. The van der Waals surface area contributed by atoms with Crippen molar-refractivity contribution < 1.29 is 5.11 Å². The Bertz CT molecular complexity index is 131. The van der Waals surface area contributed by atoms with Gasteiger partial charge in [-0.15, -0.1) is 0 Å². The molecule has 0 saturated carbocycles. The van der Waals surface area contributed by atoms with E-state index in [2.05, 4.69) is 19.1 Å². The molecule has 0 aromatic rings. The fourth-order valence-electron chi connectivity index (χ4n) is 1.18. The molecule has 0 radical (unpaired) electrons. The molecule has 0 saturated heterocycles. The molecule has 0 spiro atoms. The Morgan fingerprint density at radius 1 is 1.08 bits per heavy atom.